The van der Waals surface area contributed by atoms with Crippen LogP contribution in [-0.4, -0.2) is 27.2 Å². The van der Waals surface area contributed by atoms with Gasteiger partial charge >= 0.3 is 0 Å². The number of carbonyl (C=O) groups excluding carboxylic acids is 1. The van der Waals surface area contributed by atoms with E-state index in [1.165, 1.54) is 43.7 Å². The van der Waals surface area contributed by atoms with Gasteiger partial charge in [0, 0.05) is 17.3 Å². The van der Waals surface area contributed by atoms with Crippen molar-refractivity contribution in [3.05, 3.63) is 53.6 Å². The van der Waals surface area contributed by atoms with Crippen LogP contribution in [-0.2, 0) is 4.79 Å². The zero-order valence-corrected chi connectivity index (χ0v) is 19.7. The minimum Gasteiger partial charge on any atom is -0.493 e. The summed E-state index contributed by atoms with van der Waals surface area (Å²) in [7, 11) is 4.71. The van der Waals surface area contributed by atoms with Crippen LogP contribution in [0.3, 0.4) is 0 Å². The van der Waals surface area contributed by atoms with Gasteiger partial charge in [-0.05, 0) is 97.6 Å². The van der Waals surface area contributed by atoms with Gasteiger partial charge in [0.25, 0.3) is 0 Å². The van der Waals surface area contributed by atoms with Crippen LogP contribution >= 0.6 is 0 Å². The zero-order chi connectivity index (χ0) is 22.9. The molecule has 0 radical (unpaired) electrons. The number of rotatable bonds is 7. The van der Waals surface area contributed by atoms with Crippen LogP contribution < -0.4 is 19.5 Å². The number of benzene rings is 2. The molecule has 33 heavy (non-hydrogen) atoms. The van der Waals surface area contributed by atoms with Crippen LogP contribution in [0.1, 0.15) is 49.1 Å². The molecular weight excluding hydrogens is 414 g/mol. The van der Waals surface area contributed by atoms with Gasteiger partial charge in [-0.1, -0.05) is 12.1 Å². The highest BCUT2D eigenvalue weighted by molar-refractivity contribution is 6.02. The molecule has 0 aliphatic heterocycles. The minimum absolute atomic E-state index is 0.186. The van der Waals surface area contributed by atoms with Crippen molar-refractivity contribution in [3.63, 3.8) is 0 Å². The van der Waals surface area contributed by atoms with Crippen molar-refractivity contribution in [2.45, 2.75) is 38.0 Å². The standard InChI is InChI=1S/C28H33NO4/c1-31-24-10-6-20(27(32-2)28(24)33-3)7-11-25(30)29-23-8-4-19(5-9-23)26-21-13-17-12-18(15-21)16-22(26)14-17/h4-11,17-18,21-22,26H,12-16H2,1-3H3,(H,29,30)/b11-7+. The lowest BCUT2D eigenvalue weighted by Gasteiger charge is -2.54. The van der Waals surface area contributed by atoms with E-state index in [0.29, 0.717) is 23.2 Å². The summed E-state index contributed by atoms with van der Waals surface area (Å²) in [6, 6.07) is 12.2. The summed E-state index contributed by atoms with van der Waals surface area (Å²) in [5.41, 5.74) is 3.01. The number of nitrogens with one attached hydrogen (secondary N) is 1. The van der Waals surface area contributed by atoms with E-state index in [0.717, 1.165) is 34.9 Å². The molecule has 4 aliphatic carbocycles. The molecule has 174 valence electrons. The fourth-order valence-electron chi connectivity index (χ4n) is 6.86. The Balaban J connectivity index is 1.25. The van der Waals surface area contributed by atoms with Crippen molar-refractivity contribution >= 4 is 17.7 Å². The molecule has 1 N–H and O–H groups in total. The molecule has 6 rings (SSSR count). The van der Waals surface area contributed by atoms with Crippen molar-refractivity contribution in [3.8, 4) is 17.2 Å². The highest BCUT2D eigenvalue weighted by atomic mass is 16.5. The van der Waals surface area contributed by atoms with E-state index >= 15 is 0 Å². The Labute approximate surface area is 196 Å². The molecule has 4 saturated carbocycles. The zero-order valence-electron chi connectivity index (χ0n) is 19.7. The van der Waals surface area contributed by atoms with Crippen molar-refractivity contribution in [2.24, 2.45) is 23.7 Å². The molecule has 4 bridgehead atoms. The predicted octanol–water partition coefficient (Wildman–Crippen LogP) is 5.90. The van der Waals surface area contributed by atoms with Crippen LogP contribution in [0.25, 0.3) is 6.08 Å². The van der Waals surface area contributed by atoms with Gasteiger partial charge in [0.05, 0.1) is 21.3 Å². The second kappa shape index (κ2) is 9.12. The number of amides is 1. The van der Waals surface area contributed by atoms with Crippen LogP contribution in [0.15, 0.2) is 42.5 Å². The first-order valence-corrected chi connectivity index (χ1v) is 12.0. The van der Waals surface area contributed by atoms with E-state index in [9.17, 15) is 4.79 Å². The third-order valence-electron chi connectivity index (χ3n) is 7.94. The lowest BCUT2D eigenvalue weighted by Crippen LogP contribution is -2.43. The molecule has 4 aliphatic rings. The average Bonchev–Trinajstić information content (AvgIpc) is 2.82. The average molecular weight is 448 g/mol. The van der Waals surface area contributed by atoms with Crippen LogP contribution in [0.4, 0.5) is 5.69 Å². The van der Waals surface area contributed by atoms with E-state index in [1.807, 2.05) is 18.2 Å². The predicted molar refractivity (Wildman–Crippen MR) is 130 cm³/mol. The summed E-state index contributed by atoms with van der Waals surface area (Å²) >= 11 is 0. The summed E-state index contributed by atoms with van der Waals surface area (Å²) in [5, 5.41) is 2.97. The Kier molecular flexibility index (Phi) is 6.05. The number of anilines is 1. The largest absolute Gasteiger partial charge is 0.493 e. The van der Waals surface area contributed by atoms with Gasteiger partial charge in [-0.15, -0.1) is 0 Å². The van der Waals surface area contributed by atoms with Crippen molar-refractivity contribution in [1.29, 1.82) is 0 Å². The first-order chi connectivity index (χ1) is 16.1. The summed E-state index contributed by atoms with van der Waals surface area (Å²) in [6.07, 6.45) is 10.4. The second-order valence-electron chi connectivity index (χ2n) is 9.82. The third kappa shape index (κ3) is 4.21. The first kappa shape index (κ1) is 21.9. The normalized spacial score (nSPS) is 27.5. The van der Waals surface area contributed by atoms with E-state index in [-0.39, 0.29) is 5.91 Å². The molecule has 0 saturated heterocycles. The molecule has 2 aromatic rings. The maximum atomic E-state index is 12.6. The van der Waals surface area contributed by atoms with Crippen molar-refractivity contribution in [1.82, 2.24) is 0 Å². The maximum Gasteiger partial charge on any atom is 0.248 e. The first-order valence-electron chi connectivity index (χ1n) is 12.0. The van der Waals surface area contributed by atoms with Crippen LogP contribution in [0, 0.1) is 23.7 Å². The number of carbonyl (C=O) groups is 1. The van der Waals surface area contributed by atoms with Crippen molar-refractivity contribution < 1.29 is 19.0 Å². The Morgan fingerprint density at radius 1 is 0.818 bits per heavy atom. The van der Waals surface area contributed by atoms with E-state index < -0.39 is 0 Å². The van der Waals surface area contributed by atoms with Gasteiger partial charge < -0.3 is 19.5 Å². The number of hydrogen-bond acceptors (Lipinski definition) is 4. The van der Waals surface area contributed by atoms with Gasteiger partial charge in [0.15, 0.2) is 11.5 Å². The Hall–Kier alpha value is -2.95. The highest BCUT2D eigenvalue weighted by Gasteiger charge is 2.48. The second-order valence-corrected chi connectivity index (χ2v) is 9.82. The van der Waals surface area contributed by atoms with Gasteiger partial charge in [-0.25, -0.2) is 0 Å². The van der Waals surface area contributed by atoms with E-state index in [2.05, 4.69) is 17.4 Å². The fraction of sp³-hybridized carbons (Fsp3) is 0.464. The smallest absolute Gasteiger partial charge is 0.248 e. The molecule has 0 atom stereocenters. The summed E-state index contributed by atoms with van der Waals surface area (Å²) in [5.74, 6) is 5.83. The molecule has 5 nitrogen and oxygen atoms in total. The Bertz CT molecular complexity index is 1010. The lowest BCUT2D eigenvalue weighted by molar-refractivity contribution is -0.111. The molecular formula is C28H33NO4. The topological polar surface area (TPSA) is 56.8 Å². The summed E-state index contributed by atoms with van der Waals surface area (Å²) in [4.78, 5) is 12.6. The fourth-order valence-corrected chi connectivity index (χ4v) is 6.86. The monoisotopic (exact) mass is 447 g/mol. The van der Waals surface area contributed by atoms with E-state index in [4.69, 9.17) is 14.2 Å². The molecule has 0 aromatic heterocycles. The SMILES string of the molecule is COc1ccc(/C=C/C(=O)Nc2ccc(C3C4CC5CC(C4)CC3C5)cc2)c(OC)c1OC. The molecule has 0 unspecified atom stereocenters. The Morgan fingerprint density at radius 2 is 1.45 bits per heavy atom. The van der Waals surface area contributed by atoms with Gasteiger partial charge in [0.1, 0.15) is 0 Å². The molecule has 2 aromatic carbocycles. The minimum atomic E-state index is -0.186. The summed E-state index contributed by atoms with van der Waals surface area (Å²) < 4.78 is 16.2. The molecule has 1 amide bonds. The van der Waals surface area contributed by atoms with Gasteiger partial charge in [-0.3, -0.25) is 4.79 Å². The van der Waals surface area contributed by atoms with E-state index in [1.54, 1.807) is 33.5 Å². The third-order valence-corrected chi connectivity index (χ3v) is 7.94. The van der Waals surface area contributed by atoms with Gasteiger partial charge in [0.2, 0.25) is 11.7 Å². The van der Waals surface area contributed by atoms with Crippen molar-refractivity contribution in [2.75, 3.05) is 26.6 Å². The molecule has 5 heteroatoms. The van der Waals surface area contributed by atoms with Crippen LogP contribution in [0.2, 0.25) is 0 Å². The molecule has 0 spiro atoms. The van der Waals surface area contributed by atoms with Crippen LogP contribution in [0.5, 0.6) is 17.2 Å². The number of ether oxygens (including phenoxy) is 3. The lowest BCUT2D eigenvalue weighted by atomic mass is 9.51. The number of hydrogen-bond donors (Lipinski definition) is 1. The Morgan fingerprint density at radius 3 is 2.03 bits per heavy atom. The number of methoxy groups -OCH3 is 3. The quantitative estimate of drug-likeness (QED) is 0.537. The van der Waals surface area contributed by atoms with Gasteiger partial charge in [-0.2, -0.15) is 0 Å². The highest BCUT2D eigenvalue weighted by Crippen LogP contribution is 2.59. The maximum absolute atomic E-state index is 12.6. The summed E-state index contributed by atoms with van der Waals surface area (Å²) in [6.45, 7) is 0. The molecule has 0 heterocycles. The molecule has 4 fully saturated rings.